The van der Waals surface area contributed by atoms with Gasteiger partial charge in [-0.1, -0.05) is 6.92 Å². The molecule has 2 unspecified atom stereocenters. The number of hydrogen-bond acceptors (Lipinski definition) is 3. The summed E-state index contributed by atoms with van der Waals surface area (Å²) in [6, 6.07) is 0. The Morgan fingerprint density at radius 1 is 1.67 bits per heavy atom. The number of methoxy groups -OCH3 is 1. The number of hydrogen-bond donors (Lipinski definition) is 0. The van der Waals surface area contributed by atoms with Gasteiger partial charge in [-0.05, 0) is 12.8 Å². The highest BCUT2D eigenvalue weighted by molar-refractivity contribution is 7.85. The van der Waals surface area contributed by atoms with Crippen LogP contribution in [0.25, 0.3) is 0 Å². The van der Waals surface area contributed by atoms with Crippen LogP contribution in [0.4, 0.5) is 0 Å². The summed E-state index contributed by atoms with van der Waals surface area (Å²) in [7, 11) is 0.546. The molecule has 2 atom stereocenters. The van der Waals surface area contributed by atoms with Crippen molar-refractivity contribution < 1.29 is 13.7 Å². The maximum atomic E-state index is 11.3. The molecule has 0 amide bonds. The number of carbonyl (C=O) groups excluding carboxylic acids is 1. The molecule has 0 aliphatic heterocycles. The Balaban J connectivity index is 2.29. The maximum Gasteiger partial charge on any atom is 0.309 e. The second kappa shape index (κ2) is 4.03. The lowest BCUT2D eigenvalue weighted by molar-refractivity contribution is -0.144. The third kappa shape index (κ3) is 2.59. The van der Waals surface area contributed by atoms with E-state index in [9.17, 15) is 9.00 Å². The van der Waals surface area contributed by atoms with Gasteiger partial charge < -0.3 is 4.74 Å². The predicted octanol–water partition coefficient (Wildman–Crippen LogP) is 0.707. The van der Waals surface area contributed by atoms with Gasteiger partial charge in [0.2, 0.25) is 0 Å². The van der Waals surface area contributed by atoms with Crippen molar-refractivity contribution in [2.45, 2.75) is 25.0 Å². The number of carbonyl (C=O) groups is 1. The molecule has 1 saturated carbocycles. The molecule has 0 spiro atoms. The van der Waals surface area contributed by atoms with Gasteiger partial charge in [-0.3, -0.25) is 9.00 Å². The highest BCUT2D eigenvalue weighted by Crippen LogP contribution is 2.27. The first-order valence-electron chi connectivity index (χ1n) is 4.10. The minimum Gasteiger partial charge on any atom is -0.469 e. The van der Waals surface area contributed by atoms with E-state index in [-0.39, 0.29) is 11.9 Å². The van der Waals surface area contributed by atoms with Crippen molar-refractivity contribution in [1.82, 2.24) is 0 Å². The minimum atomic E-state index is -0.814. The van der Waals surface area contributed by atoms with Crippen molar-refractivity contribution in [3.8, 4) is 0 Å². The summed E-state index contributed by atoms with van der Waals surface area (Å²) >= 11 is 0. The van der Waals surface area contributed by atoms with Gasteiger partial charge in [-0.15, -0.1) is 0 Å². The Kier molecular flexibility index (Phi) is 3.26. The highest BCUT2D eigenvalue weighted by Gasteiger charge is 2.30. The van der Waals surface area contributed by atoms with Crippen LogP contribution in [0.15, 0.2) is 0 Å². The van der Waals surface area contributed by atoms with Gasteiger partial charge in [0.05, 0.1) is 13.0 Å². The summed E-state index contributed by atoms with van der Waals surface area (Å²) in [5, 5.41) is 0.358. The van der Waals surface area contributed by atoms with E-state index in [1.54, 1.807) is 6.92 Å². The molecule has 1 fully saturated rings. The van der Waals surface area contributed by atoms with Gasteiger partial charge in [0, 0.05) is 21.8 Å². The lowest BCUT2D eigenvalue weighted by atomic mass is 10.2. The Morgan fingerprint density at radius 3 is 2.67 bits per heavy atom. The molecule has 1 rings (SSSR count). The van der Waals surface area contributed by atoms with E-state index in [0.29, 0.717) is 11.0 Å². The average molecular weight is 190 g/mol. The summed E-state index contributed by atoms with van der Waals surface area (Å²) in [5.74, 6) is -0.0300. The van der Waals surface area contributed by atoms with Crippen LogP contribution in [0.5, 0.6) is 0 Å². The van der Waals surface area contributed by atoms with Gasteiger partial charge in [0.15, 0.2) is 0 Å². The zero-order valence-electron chi connectivity index (χ0n) is 7.41. The molecule has 0 N–H and O–H groups in total. The van der Waals surface area contributed by atoms with E-state index in [1.165, 1.54) is 7.11 Å². The van der Waals surface area contributed by atoms with Crippen molar-refractivity contribution in [3.63, 3.8) is 0 Å². The fourth-order valence-corrected chi connectivity index (χ4v) is 2.55. The van der Waals surface area contributed by atoms with Gasteiger partial charge in [-0.25, -0.2) is 0 Å². The molecule has 0 bridgehead atoms. The van der Waals surface area contributed by atoms with E-state index >= 15 is 0 Å². The lowest BCUT2D eigenvalue weighted by Crippen LogP contribution is -2.20. The minimum absolute atomic E-state index is 0.226. The smallest absolute Gasteiger partial charge is 0.309 e. The summed E-state index contributed by atoms with van der Waals surface area (Å²) in [6.45, 7) is 1.76. The first-order valence-corrected chi connectivity index (χ1v) is 5.48. The molecule has 0 heterocycles. The van der Waals surface area contributed by atoms with Crippen LogP contribution in [-0.2, 0) is 20.3 Å². The Morgan fingerprint density at radius 2 is 2.25 bits per heavy atom. The first-order chi connectivity index (χ1) is 5.65. The molecule has 0 radical (unpaired) electrons. The van der Waals surface area contributed by atoms with E-state index in [4.69, 9.17) is 0 Å². The molecular weight excluding hydrogens is 176 g/mol. The summed E-state index contributed by atoms with van der Waals surface area (Å²) < 4.78 is 15.9. The van der Waals surface area contributed by atoms with Gasteiger partial charge in [0.1, 0.15) is 0 Å². The molecule has 0 aromatic heterocycles. The molecule has 70 valence electrons. The maximum absolute atomic E-state index is 11.3. The predicted molar refractivity (Wildman–Crippen MR) is 47.2 cm³/mol. The van der Waals surface area contributed by atoms with E-state index < -0.39 is 10.8 Å². The normalized spacial score (nSPS) is 21.5. The van der Waals surface area contributed by atoms with Crippen LogP contribution in [0.2, 0.25) is 0 Å². The summed E-state index contributed by atoms with van der Waals surface area (Å²) in [4.78, 5) is 10.9. The van der Waals surface area contributed by atoms with Crippen LogP contribution < -0.4 is 0 Å². The van der Waals surface area contributed by atoms with Crippen molar-refractivity contribution >= 4 is 16.8 Å². The third-order valence-electron chi connectivity index (χ3n) is 1.91. The lowest BCUT2D eigenvalue weighted by Gasteiger charge is -2.07. The van der Waals surface area contributed by atoms with Crippen LogP contribution in [0.3, 0.4) is 0 Å². The SMILES string of the molecule is COC(=O)C(C)CS(=O)C1CC1. The van der Waals surface area contributed by atoms with Crippen molar-refractivity contribution in [3.05, 3.63) is 0 Å². The first kappa shape index (κ1) is 9.71. The molecule has 1 aliphatic carbocycles. The topological polar surface area (TPSA) is 43.4 Å². The fraction of sp³-hybridized carbons (Fsp3) is 0.875. The standard InChI is InChI=1S/C8H14O3S/c1-6(8(9)11-2)5-12(10)7-3-4-7/h6-7H,3-5H2,1-2H3. The largest absolute Gasteiger partial charge is 0.469 e. The van der Waals surface area contributed by atoms with Gasteiger partial charge in [-0.2, -0.15) is 0 Å². The van der Waals surface area contributed by atoms with E-state index in [2.05, 4.69) is 4.74 Å². The van der Waals surface area contributed by atoms with Crippen molar-refractivity contribution in [2.24, 2.45) is 5.92 Å². The zero-order valence-corrected chi connectivity index (χ0v) is 8.23. The van der Waals surface area contributed by atoms with E-state index in [0.717, 1.165) is 12.8 Å². The van der Waals surface area contributed by atoms with Crippen molar-refractivity contribution in [1.29, 1.82) is 0 Å². The zero-order chi connectivity index (χ0) is 9.14. The van der Waals surface area contributed by atoms with Gasteiger partial charge >= 0.3 is 5.97 Å². The molecule has 1 aliphatic rings. The Hall–Kier alpha value is -0.380. The van der Waals surface area contributed by atoms with Gasteiger partial charge in [0.25, 0.3) is 0 Å². The van der Waals surface area contributed by atoms with Crippen LogP contribution in [0.1, 0.15) is 19.8 Å². The molecule has 12 heavy (non-hydrogen) atoms. The molecule has 3 nitrogen and oxygen atoms in total. The second-order valence-electron chi connectivity index (χ2n) is 3.17. The summed E-state index contributed by atoms with van der Waals surface area (Å²) in [5.41, 5.74) is 0. The number of esters is 1. The summed E-state index contributed by atoms with van der Waals surface area (Å²) in [6.07, 6.45) is 2.11. The molecular formula is C8H14O3S. The molecule has 0 aromatic rings. The van der Waals surface area contributed by atoms with E-state index in [1.807, 2.05) is 0 Å². The van der Waals surface area contributed by atoms with Crippen molar-refractivity contribution in [2.75, 3.05) is 12.9 Å². The fourth-order valence-electron chi connectivity index (χ4n) is 0.983. The Bertz CT molecular complexity index is 198. The second-order valence-corrected chi connectivity index (χ2v) is 4.93. The van der Waals surface area contributed by atoms with Crippen LogP contribution >= 0.6 is 0 Å². The monoisotopic (exact) mass is 190 g/mol. The average Bonchev–Trinajstić information content (AvgIpc) is 2.84. The number of ether oxygens (including phenoxy) is 1. The molecule has 0 saturated heterocycles. The van der Waals surface area contributed by atoms with Crippen LogP contribution in [0, 0.1) is 5.92 Å². The molecule has 0 aromatic carbocycles. The highest BCUT2D eigenvalue weighted by atomic mass is 32.2. The third-order valence-corrected chi connectivity index (χ3v) is 3.96. The molecule has 4 heteroatoms. The van der Waals surface area contributed by atoms with Crippen LogP contribution in [-0.4, -0.2) is 28.3 Å². The quantitative estimate of drug-likeness (QED) is 0.613. The Labute approximate surface area is 74.9 Å². The number of rotatable bonds is 4.